The van der Waals surface area contributed by atoms with Crippen molar-refractivity contribution >= 4 is 39.2 Å². The lowest BCUT2D eigenvalue weighted by Crippen LogP contribution is -2.34. The second-order valence-electron chi connectivity index (χ2n) is 5.23. The summed E-state index contributed by atoms with van der Waals surface area (Å²) in [6.45, 7) is -0.725. The summed E-state index contributed by atoms with van der Waals surface area (Å²) >= 11 is 5.87. The summed E-state index contributed by atoms with van der Waals surface area (Å²) in [5.74, 6) is -2.45. The maximum absolute atomic E-state index is 12.0. The molecular weight excluding hydrogens is 382 g/mol. The Kier molecular flexibility index (Phi) is 6.12. The standard InChI is InChI=1S/C17H14ClNO6S/c1-26(23,24)12-7-8-14(18)13(9-12)17(22)25-10-15(20)19-16(21)11-5-3-2-4-6-11/h2-9H,10H2,1H3,(H,19,20,21). The third kappa shape index (κ3) is 5.14. The smallest absolute Gasteiger partial charge is 0.340 e. The summed E-state index contributed by atoms with van der Waals surface area (Å²) < 4.78 is 27.9. The van der Waals surface area contributed by atoms with Crippen LogP contribution in [0.2, 0.25) is 5.02 Å². The number of hydrogen-bond donors (Lipinski definition) is 1. The number of ether oxygens (including phenoxy) is 1. The first-order valence-electron chi connectivity index (χ1n) is 7.24. The van der Waals surface area contributed by atoms with Crippen molar-refractivity contribution < 1.29 is 27.5 Å². The first-order chi connectivity index (χ1) is 12.2. The minimum atomic E-state index is -3.54. The Morgan fingerprint density at radius 2 is 1.73 bits per heavy atom. The van der Waals surface area contributed by atoms with Gasteiger partial charge in [-0.3, -0.25) is 14.9 Å². The Morgan fingerprint density at radius 3 is 2.35 bits per heavy atom. The van der Waals surface area contributed by atoms with E-state index in [1.807, 2.05) is 0 Å². The number of carbonyl (C=O) groups is 3. The van der Waals surface area contributed by atoms with Crippen LogP contribution in [0.5, 0.6) is 0 Å². The van der Waals surface area contributed by atoms with E-state index < -0.39 is 34.2 Å². The minimum Gasteiger partial charge on any atom is -0.452 e. The van der Waals surface area contributed by atoms with Crippen molar-refractivity contribution in [1.82, 2.24) is 5.32 Å². The van der Waals surface area contributed by atoms with Crippen molar-refractivity contribution in [2.24, 2.45) is 0 Å². The van der Waals surface area contributed by atoms with E-state index in [0.29, 0.717) is 0 Å². The second kappa shape index (κ2) is 8.11. The van der Waals surface area contributed by atoms with Gasteiger partial charge in [0.2, 0.25) is 0 Å². The zero-order chi connectivity index (χ0) is 19.3. The maximum atomic E-state index is 12.0. The van der Waals surface area contributed by atoms with Gasteiger partial charge in [-0.1, -0.05) is 29.8 Å². The summed E-state index contributed by atoms with van der Waals surface area (Å²) in [4.78, 5) is 35.5. The van der Waals surface area contributed by atoms with E-state index in [2.05, 4.69) is 5.32 Å². The molecule has 136 valence electrons. The molecule has 2 rings (SSSR count). The molecule has 26 heavy (non-hydrogen) atoms. The molecule has 9 heteroatoms. The summed E-state index contributed by atoms with van der Waals surface area (Å²) in [6, 6.07) is 11.6. The van der Waals surface area contributed by atoms with Crippen LogP contribution in [0.1, 0.15) is 20.7 Å². The van der Waals surface area contributed by atoms with E-state index >= 15 is 0 Å². The number of hydrogen-bond acceptors (Lipinski definition) is 6. The Hall–Kier alpha value is -2.71. The van der Waals surface area contributed by atoms with Crippen LogP contribution in [0.25, 0.3) is 0 Å². The van der Waals surface area contributed by atoms with Gasteiger partial charge in [0.15, 0.2) is 16.4 Å². The lowest BCUT2D eigenvalue weighted by Gasteiger charge is -2.08. The fourth-order valence-corrected chi connectivity index (χ4v) is 2.77. The van der Waals surface area contributed by atoms with Crippen molar-refractivity contribution in [1.29, 1.82) is 0 Å². The predicted molar refractivity (Wildman–Crippen MR) is 93.8 cm³/mol. The lowest BCUT2D eigenvalue weighted by molar-refractivity contribution is -0.123. The van der Waals surface area contributed by atoms with Crippen molar-refractivity contribution in [2.45, 2.75) is 4.90 Å². The molecule has 2 aromatic carbocycles. The Balaban J connectivity index is 2.00. The zero-order valence-electron chi connectivity index (χ0n) is 13.6. The van der Waals surface area contributed by atoms with Gasteiger partial charge in [-0.15, -0.1) is 0 Å². The molecule has 7 nitrogen and oxygen atoms in total. The number of halogens is 1. The average molecular weight is 396 g/mol. The number of amides is 2. The molecule has 0 saturated heterocycles. The maximum Gasteiger partial charge on any atom is 0.340 e. The van der Waals surface area contributed by atoms with Gasteiger partial charge in [0, 0.05) is 11.8 Å². The van der Waals surface area contributed by atoms with E-state index in [-0.39, 0.29) is 21.0 Å². The lowest BCUT2D eigenvalue weighted by atomic mass is 10.2. The topological polar surface area (TPSA) is 107 Å². The first-order valence-corrected chi connectivity index (χ1v) is 9.51. The number of benzene rings is 2. The highest BCUT2D eigenvalue weighted by Crippen LogP contribution is 2.21. The SMILES string of the molecule is CS(=O)(=O)c1ccc(Cl)c(C(=O)OCC(=O)NC(=O)c2ccccc2)c1. The molecule has 1 N–H and O–H groups in total. The summed E-state index contributed by atoms with van der Waals surface area (Å²) in [5.41, 5.74) is 0.0767. The van der Waals surface area contributed by atoms with Crippen molar-refractivity contribution in [2.75, 3.05) is 12.9 Å². The van der Waals surface area contributed by atoms with E-state index in [1.165, 1.54) is 24.3 Å². The first kappa shape index (κ1) is 19.6. The van der Waals surface area contributed by atoms with Gasteiger partial charge >= 0.3 is 5.97 Å². The van der Waals surface area contributed by atoms with Gasteiger partial charge in [0.05, 0.1) is 15.5 Å². The zero-order valence-corrected chi connectivity index (χ0v) is 15.1. The molecule has 0 bridgehead atoms. The molecule has 0 unspecified atom stereocenters. The summed E-state index contributed by atoms with van der Waals surface area (Å²) in [7, 11) is -3.54. The molecule has 0 saturated carbocycles. The normalized spacial score (nSPS) is 10.8. The number of rotatable bonds is 5. The fourth-order valence-electron chi connectivity index (χ4n) is 1.92. The van der Waals surface area contributed by atoms with Crippen molar-refractivity contribution in [3.05, 3.63) is 64.7 Å². The molecule has 0 aliphatic rings. The number of esters is 1. The largest absolute Gasteiger partial charge is 0.452 e. The highest BCUT2D eigenvalue weighted by Gasteiger charge is 2.18. The monoisotopic (exact) mass is 395 g/mol. The molecule has 2 amide bonds. The third-order valence-electron chi connectivity index (χ3n) is 3.21. The number of imide groups is 1. The molecule has 0 aliphatic heterocycles. The Morgan fingerprint density at radius 1 is 1.08 bits per heavy atom. The molecule has 0 atom stereocenters. The van der Waals surface area contributed by atoms with E-state index in [9.17, 15) is 22.8 Å². The number of nitrogens with one attached hydrogen (secondary N) is 1. The van der Waals surface area contributed by atoms with Crippen LogP contribution in [0.15, 0.2) is 53.4 Å². The van der Waals surface area contributed by atoms with Gasteiger partial charge in [0.25, 0.3) is 11.8 Å². The highest BCUT2D eigenvalue weighted by atomic mass is 35.5. The van der Waals surface area contributed by atoms with Gasteiger partial charge in [-0.2, -0.15) is 0 Å². The van der Waals surface area contributed by atoms with Crippen LogP contribution in [0.3, 0.4) is 0 Å². The molecule has 0 fully saturated rings. The molecule has 0 radical (unpaired) electrons. The summed E-state index contributed by atoms with van der Waals surface area (Å²) in [6.07, 6.45) is 0.980. The van der Waals surface area contributed by atoms with Gasteiger partial charge in [-0.25, -0.2) is 13.2 Å². The van der Waals surface area contributed by atoms with Crippen molar-refractivity contribution in [3.8, 4) is 0 Å². The minimum absolute atomic E-state index is 0.0248. The highest BCUT2D eigenvalue weighted by molar-refractivity contribution is 7.90. The van der Waals surface area contributed by atoms with Gasteiger partial charge < -0.3 is 4.74 Å². The molecule has 0 heterocycles. The fraction of sp³-hybridized carbons (Fsp3) is 0.118. The Bertz CT molecular complexity index is 956. The van der Waals surface area contributed by atoms with Crippen molar-refractivity contribution in [3.63, 3.8) is 0 Å². The molecular formula is C17H14ClNO6S. The molecule has 0 spiro atoms. The van der Waals surface area contributed by atoms with Gasteiger partial charge in [-0.05, 0) is 30.3 Å². The summed E-state index contributed by atoms with van der Waals surface area (Å²) in [5, 5.41) is 2.04. The third-order valence-corrected chi connectivity index (χ3v) is 4.65. The molecule has 0 aliphatic carbocycles. The van der Waals surface area contributed by atoms with E-state index in [4.69, 9.17) is 16.3 Å². The molecule has 2 aromatic rings. The quantitative estimate of drug-likeness (QED) is 0.774. The van der Waals surface area contributed by atoms with Crippen LogP contribution in [0, 0.1) is 0 Å². The van der Waals surface area contributed by atoms with E-state index in [0.717, 1.165) is 12.3 Å². The number of sulfone groups is 1. The number of carbonyl (C=O) groups excluding carboxylic acids is 3. The van der Waals surface area contributed by atoms with Crippen LogP contribution >= 0.6 is 11.6 Å². The van der Waals surface area contributed by atoms with Crippen LogP contribution in [-0.4, -0.2) is 39.1 Å². The average Bonchev–Trinajstić information content (AvgIpc) is 2.59. The second-order valence-corrected chi connectivity index (χ2v) is 7.66. The predicted octanol–water partition coefficient (Wildman–Crippen LogP) is 1.86. The van der Waals surface area contributed by atoms with Crippen LogP contribution < -0.4 is 5.32 Å². The van der Waals surface area contributed by atoms with Crippen LogP contribution in [-0.2, 0) is 19.4 Å². The van der Waals surface area contributed by atoms with Gasteiger partial charge in [0.1, 0.15) is 0 Å². The van der Waals surface area contributed by atoms with Crippen LogP contribution in [0.4, 0.5) is 0 Å². The Labute approximate surface area is 154 Å². The molecule has 0 aromatic heterocycles. The van der Waals surface area contributed by atoms with E-state index in [1.54, 1.807) is 18.2 Å².